The molecule has 0 radical (unpaired) electrons. The number of anilines is 1. The fourth-order valence-corrected chi connectivity index (χ4v) is 3.16. The molecule has 1 aliphatic heterocycles. The van der Waals surface area contributed by atoms with Crippen LogP contribution in [-0.2, 0) is 12.8 Å². The van der Waals surface area contributed by atoms with Crippen LogP contribution in [0, 0.1) is 0 Å². The maximum atomic E-state index is 12.5. The van der Waals surface area contributed by atoms with Crippen molar-refractivity contribution < 1.29 is 14.7 Å². The van der Waals surface area contributed by atoms with E-state index in [2.05, 4.69) is 15.3 Å². The fourth-order valence-electron chi connectivity index (χ4n) is 3.16. The van der Waals surface area contributed by atoms with Crippen molar-refractivity contribution in [3.63, 3.8) is 0 Å². The Morgan fingerprint density at radius 3 is 2.76 bits per heavy atom. The Hall–Kier alpha value is -2.83. The van der Waals surface area contributed by atoms with E-state index in [0.717, 1.165) is 24.1 Å². The van der Waals surface area contributed by atoms with E-state index in [-0.39, 0.29) is 11.5 Å². The molecule has 25 heavy (non-hydrogen) atoms. The number of carbonyl (C=O) groups is 2. The Morgan fingerprint density at radius 1 is 1.28 bits per heavy atom. The number of rotatable bonds is 4. The summed E-state index contributed by atoms with van der Waals surface area (Å²) >= 11 is 0. The largest absolute Gasteiger partial charge is 0.478 e. The number of aromatic carboxylic acids is 1. The first-order valence-corrected chi connectivity index (χ1v) is 8.57. The Labute approximate surface area is 145 Å². The number of nitrogens with zero attached hydrogens (tertiary/aromatic N) is 2. The van der Waals surface area contributed by atoms with Crippen LogP contribution in [0.15, 0.2) is 24.4 Å². The number of aromatic nitrogens is 2. The third kappa shape index (κ3) is 3.22. The molecular formula is C18H20N4O3. The molecule has 1 fully saturated rings. The van der Waals surface area contributed by atoms with Crippen molar-refractivity contribution in [2.24, 2.45) is 0 Å². The van der Waals surface area contributed by atoms with E-state index < -0.39 is 5.97 Å². The first kappa shape index (κ1) is 15.7. The number of hydrogen-bond donors (Lipinski definition) is 3. The maximum absolute atomic E-state index is 12.5. The average Bonchev–Trinajstić information content (AvgIpc) is 3.29. The minimum absolute atomic E-state index is 0.0346. The van der Waals surface area contributed by atoms with Gasteiger partial charge in [0, 0.05) is 37.4 Å². The van der Waals surface area contributed by atoms with Gasteiger partial charge in [-0.25, -0.2) is 9.78 Å². The van der Waals surface area contributed by atoms with Crippen LogP contribution in [0.1, 0.15) is 44.9 Å². The van der Waals surface area contributed by atoms with Crippen molar-refractivity contribution in [1.82, 2.24) is 14.9 Å². The van der Waals surface area contributed by atoms with Crippen LogP contribution in [0.2, 0.25) is 0 Å². The number of amides is 1. The van der Waals surface area contributed by atoms with Gasteiger partial charge in [-0.3, -0.25) is 4.79 Å². The normalized spacial score (nSPS) is 16.9. The number of carboxylic acids is 1. The van der Waals surface area contributed by atoms with Crippen LogP contribution in [-0.4, -0.2) is 51.0 Å². The van der Waals surface area contributed by atoms with Gasteiger partial charge in [0.1, 0.15) is 17.1 Å². The summed E-state index contributed by atoms with van der Waals surface area (Å²) in [5.41, 5.74) is 2.59. The third-order valence-electron chi connectivity index (χ3n) is 4.72. The SMILES string of the molecule is O=C(O)c1cc2c(nc1NC1CC1)CCN(C(=O)c1ccc[nH]1)CC2. The number of aromatic amines is 1. The lowest BCUT2D eigenvalue weighted by atomic mass is 10.1. The second-order valence-corrected chi connectivity index (χ2v) is 6.59. The van der Waals surface area contributed by atoms with Gasteiger partial charge in [-0.2, -0.15) is 0 Å². The lowest BCUT2D eigenvalue weighted by Gasteiger charge is -2.19. The zero-order valence-corrected chi connectivity index (χ0v) is 13.8. The molecule has 2 aliphatic rings. The van der Waals surface area contributed by atoms with Gasteiger partial charge in [-0.05, 0) is 43.0 Å². The van der Waals surface area contributed by atoms with Gasteiger partial charge in [-0.15, -0.1) is 0 Å². The van der Waals surface area contributed by atoms with E-state index in [1.165, 1.54) is 0 Å². The molecule has 3 N–H and O–H groups in total. The Bertz CT molecular complexity index is 812. The standard InChI is InChI=1S/C18H20N4O3/c23-17(15-2-1-7-19-15)22-8-5-11-10-13(18(24)25)16(20-12-3-4-12)21-14(11)6-9-22/h1-2,7,10,12,19H,3-6,8-9H2,(H,20,21)(H,24,25). The number of H-pyrrole nitrogens is 1. The van der Waals surface area contributed by atoms with Crippen LogP contribution < -0.4 is 5.32 Å². The predicted molar refractivity (Wildman–Crippen MR) is 91.9 cm³/mol. The zero-order chi connectivity index (χ0) is 17.4. The van der Waals surface area contributed by atoms with Gasteiger partial charge in [0.2, 0.25) is 0 Å². The predicted octanol–water partition coefficient (Wildman–Crippen LogP) is 1.92. The highest BCUT2D eigenvalue weighted by molar-refractivity contribution is 5.94. The number of hydrogen-bond acceptors (Lipinski definition) is 4. The lowest BCUT2D eigenvalue weighted by molar-refractivity contribution is 0.0696. The molecule has 4 rings (SSSR count). The highest BCUT2D eigenvalue weighted by Gasteiger charge is 2.27. The Kier molecular flexibility index (Phi) is 3.91. The zero-order valence-electron chi connectivity index (χ0n) is 13.8. The number of pyridine rings is 1. The first-order chi connectivity index (χ1) is 12.1. The molecule has 1 amide bonds. The van der Waals surface area contributed by atoms with Crippen molar-refractivity contribution in [3.8, 4) is 0 Å². The molecule has 0 saturated heterocycles. The molecule has 0 atom stereocenters. The first-order valence-electron chi connectivity index (χ1n) is 8.57. The molecule has 2 aromatic heterocycles. The van der Waals surface area contributed by atoms with Crippen molar-refractivity contribution in [1.29, 1.82) is 0 Å². The van der Waals surface area contributed by atoms with E-state index in [9.17, 15) is 14.7 Å². The van der Waals surface area contributed by atoms with Gasteiger partial charge in [0.25, 0.3) is 5.91 Å². The van der Waals surface area contributed by atoms with Gasteiger partial charge in [0.05, 0.1) is 0 Å². The summed E-state index contributed by atoms with van der Waals surface area (Å²) in [6.07, 6.45) is 5.07. The molecule has 0 aromatic carbocycles. The monoisotopic (exact) mass is 340 g/mol. The van der Waals surface area contributed by atoms with E-state index in [1.807, 2.05) is 0 Å². The summed E-state index contributed by atoms with van der Waals surface area (Å²) in [5, 5.41) is 12.7. The number of carboxylic acid groups (broad SMARTS) is 1. The van der Waals surface area contributed by atoms with Crippen molar-refractivity contribution in [2.75, 3.05) is 18.4 Å². The van der Waals surface area contributed by atoms with Gasteiger partial charge in [-0.1, -0.05) is 0 Å². The number of carbonyl (C=O) groups excluding carboxylic acids is 1. The van der Waals surface area contributed by atoms with Crippen molar-refractivity contribution in [2.45, 2.75) is 31.7 Å². The molecule has 0 unspecified atom stereocenters. The summed E-state index contributed by atoms with van der Waals surface area (Å²) in [6, 6.07) is 5.62. The second kappa shape index (κ2) is 6.23. The maximum Gasteiger partial charge on any atom is 0.339 e. The summed E-state index contributed by atoms with van der Waals surface area (Å²) < 4.78 is 0. The molecule has 3 heterocycles. The molecule has 1 saturated carbocycles. The number of fused-ring (bicyclic) bond motifs is 1. The van der Waals surface area contributed by atoms with Crippen LogP contribution in [0.4, 0.5) is 5.82 Å². The highest BCUT2D eigenvalue weighted by atomic mass is 16.4. The lowest BCUT2D eigenvalue weighted by Crippen LogP contribution is -2.33. The van der Waals surface area contributed by atoms with Crippen molar-refractivity contribution in [3.05, 3.63) is 46.9 Å². The summed E-state index contributed by atoms with van der Waals surface area (Å²) in [7, 11) is 0. The van der Waals surface area contributed by atoms with Crippen molar-refractivity contribution >= 4 is 17.7 Å². The minimum atomic E-state index is -0.970. The summed E-state index contributed by atoms with van der Waals surface area (Å²) in [4.78, 5) is 33.4. The van der Waals surface area contributed by atoms with Crippen LogP contribution in [0.25, 0.3) is 0 Å². The fraction of sp³-hybridized carbons (Fsp3) is 0.389. The highest BCUT2D eigenvalue weighted by Crippen LogP contribution is 2.28. The van der Waals surface area contributed by atoms with E-state index in [0.29, 0.717) is 43.5 Å². The third-order valence-corrected chi connectivity index (χ3v) is 4.72. The smallest absolute Gasteiger partial charge is 0.339 e. The molecule has 2 aromatic rings. The number of nitrogens with one attached hydrogen (secondary N) is 2. The topological polar surface area (TPSA) is 98.3 Å². The van der Waals surface area contributed by atoms with Crippen LogP contribution in [0.3, 0.4) is 0 Å². The van der Waals surface area contributed by atoms with Crippen LogP contribution in [0.5, 0.6) is 0 Å². The molecule has 1 aliphatic carbocycles. The van der Waals surface area contributed by atoms with Gasteiger partial charge in [0.15, 0.2) is 0 Å². The van der Waals surface area contributed by atoms with E-state index >= 15 is 0 Å². The molecule has 130 valence electrons. The van der Waals surface area contributed by atoms with E-state index in [1.54, 1.807) is 29.3 Å². The molecule has 7 heteroatoms. The minimum Gasteiger partial charge on any atom is -0.478 e. The quantitative estimate of drug-likeness (QED) is 0.790. The molecule has 0 spiro atoms. The van der Waals surface area contributed by atoms with Crippen LogP contribution >= 0.6 is 0 Å². The second-order valence-electron chi connectivity index (χ2n) is 6.59. The Balaban J connectivity index is 1.58. The molecular weight excluding hydrogens is 320 g/mol. The Morgan fingerprint density at radius 2 is 2.08 bits per heavy atom. The molecule has 7 nitrogen and oxygen atoms in total. The van der Waals surface area contributed by atoms with Gasteiger partial charge < -0.3 is 20.3 Å². The van der Waals surface area contributed by atoms with Gasteiger partial charge >= 0.3 is 5.97 Å². The van der Waals surface area contributed by atoms with E-state index in [4.69, 9.17) is 0 Å². The summed E-state index contributed by atoms with van der Waals surface area (Å²) in [6.45, 7) is 1.13. The average molecular weight is 340 g/mol. The molecule has 0 bridgehead atoms. The summed E-state index contributed by atoms with van der Waals surface area (Å²) in [5.74, 6) is -0.549.